The zero-order valence-electron chi connectivity index (χ0n) is 14.1. The minimum Gasteiger partial charge on any atom is -0.368 e. The summed E-state index contributed by atoms with van der Waals surface area (Å²) in [5.74, 6) is -0.146. The predicted octanol–water partition coefficient (Wildman–Crippen LogP) is 2.88. The van der Waals surface area contributed by atoms with Crippen molar-refractivity contribution in [3.05, 3.63) is 29.6 Å². The number of nitrogens with zero attached hydrogens (tertiary/aromatic N) is 2. The van der Waals surface area contributed by atoms with E-state index in [0.29, 0.717) is 12.5 Å². The van der Waals surface area contributed by atoms with Gasteiger partial charge < -0.3 is 15.5 Å². The van der Waals surface area contributed by atoms with Crippen LogP contribution in [0.4, 0.5) is 10.1 Å². The number of nitrogens with two attached hydrogens (primary N) is 1. The normalized spacial score (nSPS) is 14.3. The number of hydrogen-bond donors (Lipinski definition) is 1. The fourth-order valence-electron chi connectivity index (χ4n) is 2.77. The van der Waals surface area contributed by atoms with Crippen LogP contribution in [0.1, 0.15) is 32.8 Å². The Bertz CT molecular complexity index is 434. The largest absolute Gasteiger partial charge is 0.368 e. The lowest BCUT2D eigenvalue weighted by atomic mass is 10.0. The highest BCUT2D eigenvalue weighted by Crippen LogP contribution is 2.26. The third kappa shape index (κ3) is 4.97. The topological polar surface area (TPSA) is 32.5 Å². The first-order valence-corrected chi connectivity index (χ1v) is 7.84. The molecule has 0 radical (unpaired) electrons. The van der Waals surface area contributed by atoms with Crippen LogP contribution >= 0.6 is 0 Å². The van der Waals surface area contributed by atoms with E-state index in [4.69, 9.17) is 5.73 Å². The Balaban J connectivity index is 3.10. The summed E-state index contributed by atoms with van der Waals surface area (Å²) in [6, 6.07) is 5.66. The Kier molecular flexibility index (Phi) is 7.12. The van der Waals surface area contributed by atoms with Gasteiger partial charge in [-0.3, -0.25) is 0 Å². The van der Waals surface area contributed by atoms with Crippen LogP contribution in [0.5, 0.6) is 0 Å². The number of anilines is 1. The van der Waals surface area contributed by atoms with E-state index in [2.05, 4.69) is 37.7 Å². The molecule has 1 aromatic carbocycles. The molecule has 0 aliphatic carbocycles. The molecule has 2 atom stereocenters. The highest BCUT2D eigenvalue weighted by molar-refractivity contribution is 5.55. The van der Waals surface area contributed by atoms with Crippen LogP contribution in [0, 0.1) is 5.82 Å². The van der Waals surface area contributed by atoms with Gasteiger partial charge in [0, 0.05) is 36.4 Å². The second kappa shape index (κ2) is 8.35. The van der Waals surface area contributed by atoms with Crippen LogP contribution in [0.25, 0.3) is 0 Å². The standard InChI is InChI=1S/C17H30FN3/c1-6-14(19)11-15-16(18)9-8-10-17(15)21(7-2)13(3)12-20(4)5/h8-10,13-14H,6-7,11-12,19H2,1-5H3. The summed E-state index contributed by atoms with van der Waals surface area (Å²) in [5.41, 5.74) is 7.78. The quantitative estimate of drug-likeness (QED) is 0.800. The Morgan fingerprint density at radius 3 is 2.43 bits per heavy atom. The average molecular weight is 295 g/mol. The zero-order valence-corrected chi connectivity index (χ0v) is 14.1. The summed E-state index contributed by atoms with van der Waals surface area (Å²) >= 11 is 0. The highest BCUT2D eigenvalue weighted by atomic mass is 19.1. The van der Waals surface area contributed by atoms with Gasteiger partial charge in [-0.25, -0.2) is 4.39 Å². The van der Waals surface area contributed by atoms with E-state index < -0.39 is 0 Å². The molecule has 2 unspecified atom stereocenters. The molecule has 0 aliphatic rings. The van der Waals surface area contributed by atoms with E-state index >= 15 is 0 Å². The molecule has 0 fully saturated rings. The van der Waals surface area contributed by atoms with Crippen molar-refractivity contribution in [3.63, 3.8) is 0 Å². The van der Waals surface area contributed by atoms with Gasteiger partial charge in [-0.1, -0.05) is 13.0 Å². The Morgan fingerprint density at radius 2 is 1.90 bits per heavy atom. The molecule has 4 heteroatoms. The highest BCUT2D eigenvalue weighted by Gasteiger charge is 2.20. The van der Waals surface area contributed by atoms with Crippen LogP contribution in [-0.2, 0) is 6.42 Å². The summed E-state index contributed by atoms with van der Waals surface area (Å²) in [4.78, 5) is 4.42. The van der Waals surface area contributed by atoms with Crippen molar-refractivity contribution < 1.29 is 4.39 Å². The first-order chi connectivity index (χ1) is 9.90. The number of rotatable bonds is 8. The van der Waals surface area contributed by atoms with E-state index in [0.717, 1.165) is 30.8 Å². The van der Waals surface area contributed by atoms with Crippen molar-refractivity contribution in [1.29, 1.82) is 0 Å². The smallest absolute Gasteiger partial charge is 0.128 e. The van der Waals surface area contributed by atoms with E-state index in [9.17, 15) is 4.39 Å². The molecule has 120 valence electrons. The van der Waals surface area contributed by atoms with Crippen molar-refractivity contribution in [3.8, 4) is 0 Å². The first-order valence-electron chi connectivity index (χ1n) is 7.84. The lowest BCUT2D eigenvalue weighted by molar-refractivity contribution is 0.372. The molecule has 0 amide bonds. The monoisotopic (exact) mass is 295 g/mol. The minimum absolute atomic E-state index is 0.00325. The van der Waals surface area contributed by atoms with Gasteiger partial charge in [0.1, 0.15) is 5.82 Å². The molecule has 0 spiro atoms. The summed E-state index contributed by atoms with van der Waals surface area (Å²) in [6.07, 6.45) is 1.44. The maximum absolute atomic E-state index is 14.3. The van der Waals surface area contributed by atoms with Crippen molar-refractivity contribution >= 4 is 5.69 Å². The predicted molar refractivity (Wildman–Crippen MR) is 89.4 cm³/mol. The second-order valence-electron chi connectivity index (χ2n) is 6.01. The molecule has 0 aromatic heterocycles. The molecule has 0 bridgehead atoms. The number of likely N-dealkylation sites (N-methyl/N-ethyl adjacent to an activating group) is 2. The van der Waals surface area contributed by atoms with Gasteiger partial charge in [0.2, 0.25) is 0 Å². The van der Waals surface area contributed by atoms with Gasteiger partial charge in [0.25, 0.3) is 0 Å². The van der Waals surface area contributed by atoms with Crippen molar-refractivity contribution in [2.24, 2.45) is 5.73 Å². The summed E-state index contributed by atoms with van der Waals surface area (Å²) < 4.78 is 14.3. The minimum atomic E-state index is -0.146. The summed E-state index contributed by atoms with van der Waals surface area (Å²) in [5, 5.41) is 0. The molecular formula is C17H30FN3. The molecule has 1 aromatic rings. The lowest BCUT2D eigenvalue weighted by Gasteiger charge is -2.34. The molecule has 1 rings (SSSR count). The molecule has 0 saturated carbocycles. The van der Waals surface area contributed by atoms with Crippen molar-refractivity contribution in [2.75, 3.05) is 32.1 Å². The molecule has 3 nitrogen and oxygen atoms in total. The fraction of sp³-hybridized carbons (Fsp3) is 0.647. The van der Waals surface area contributed by atoms with Crippen molar-refractivity contribution in [1.82, 2.24) is 4.90 Å². The fourth-order valence-corrected chi connectivity index (χ4v) is 2.77. The number of hydrogen-bond acceptors (Lipinski definition) is 3. The number of halogens is 1. The second-order valence-corrected chi connectivity index (χ2v) is 6.01. The summed E-state index contributed by atoms with van der Waals surface area (Å²) in [6.45, 7) is 8.12. The lowest BCUT2D eigenvalue weighted by Crippen LogP contribution is -2.41. The maximum atomic E-state index is 14.3. The maximum Gasteiger partial charge on any atom is 0.128 e. The number of benzene rings is 1. The Hall–Kier alpha value is -1.13. The average Bonchev–Trinajstić information content (AvgIpc) is 2.42. The first kappa shape index (κ1) is 17.9. The van der Waals surface area contributed by atoms with Crippen LogP contribution in [-0.4, -0.2) is 44.2 Å². The molecule has 0 saturated heterocycles. The SMILES string of the molecule is CCC(N)Cc1c(F)cccc1N(CC)C(C)CN(C)C. The van der Waals surface area contributed by atoms with Gasteiger partial charge in [0.05, 0.1) is 0 Å². The van der Waals surface area contributed by atoms with Gasteiger partial charge >= 0.3 is 0 Å². The Morgan fingerprint density at radius 1 is 1.24 bits per heavy atom. The van der Waals surface area contributed by atoms with Gasteiger partial charge in [-0.05, 0) is 52.9 Å². The molecule has 2 N–H and O–H groups in total. The van der Waals surface area contributed by atoms with E-state index in [1.54, 1.807) is 6.07 Å². The van der Waals surface area contributed by atoms with Crippen LogP contribution < -0.4 is 10.6 Å². The van der Waals surface area contributed by atoms with Crippen LogP contribution in [0.15, 0.2) is 18.2 Å². The van der Waals surface area contributed by atoms with Gasteiger partial charge in [0.15, 0.2) is 0 Å². The zero-order chi connectivity index (χ0) is 16.0. The Labute approximate surface area is 128 Å². The molecular weight excluding hydrogens is 265 g/mol. The third-order valence-electron chi connectivity index (χ3n) is 3.90. The van der Waals surface area contributed by atoms with Gasteiger partial charge in [-0.15, -0.1) is 0 Å². The van der Waals surface area contributed by atoms with Gasteiger partial charge in [-0.2, -0.15) is 0 Å². The summed E-state index contributed by atoms with van der Waals surface area (Å²) in [7, 11) is 4.12. The van der Waals surface area contributed by atoms with E-state index in [1.807, 2.05) is 13.0 Å². The van der Waals surface area contributed by atoms with Crippen LogP contribution in [0.3, 0.4) is 0 Å². The van der Waals surface area contributed by atoms with Crippen molar-refractivity contribution in [2.45, 2.75) is 45.7 Å². The third-order valence-corrected chi connectivity index (χ3v) is 3.90. The molecule has 0 heterocycles. The molecule has 21 heavy (non-hydrogen) atoms. The van der Waals surface area contributed by atoms with E-state index in [1.165, 1.54) is 6.07 Å². The van der Waals surface area contributed by atoms with Crippen LogP contribution in [0.2, 0.25) is 0 Å². The molecule has 0 aliphatic heterocycles. The van der Waals surface area contributed by atoms with E-state index in [-0.39, 0.29) is 11.9 Å².